The summed E-state index contributed by atoms with van der Waals surface area (Å²) in [7, 11) is 1.47. The van der Waals surface area contributed by atoms with Gasteiger partial charge in [-0.25, -0.2) is 5.43 Å². The number of nitrogens with zero attached hydrogens (tertiary/aromatic N) is 1. The third kappa shape index (κ3) is 5.61. The monoisotopic (exact) mass is 452 g/mol. The smallest absolute Gasteiger partial charge is 0.271 e. The Morgan fingerprint density at radius 2 is 1.65 bits per heavy atom. The maximum absolute atomic E-state index is 12.4. The molecule has 0 aliphatic rings. The van der Waals surface area contributed by atoms with Crippen molar-refractivity contribution in [3.8, 4) is 28.4 Å². The number of phenols is 1. The molecule has 4 aromatic carbocycles. The van der Waals surface area contributed by atoms with Crippen molar-refractivity contribution < 1.29 is 19.4 Å². The number of hydrogen-bond donors (Lipinski definition) is 2. The highest BCUT2D eigenvalue weighted by Crippen LogP contribution is 2.30. The van der Waals surface area contributed by atoms with Crippen LogP contribution in [0.3, 0.4) is 0 Å². The Bertz CT molecular complexity index is 1290. The molecule has 0 heterocycles. The van der Waals surface area contributed by atoms with Crippen molar-refractivity contribution >= 4 is 12.1 Å². The van der Waals surface area contributed by atoms with Gasteiger partial charge in [0, 0.05) is 11.1 Å². The molecule has 4 rings (SSSR count). The molecule has 0 aliphatic carbocycles. The van der Waals surface area contributed by atoms with Crippen molar-refractivity contribution in [1.29, 1.82) is 0 Å². The van der Waals surface area contributed by atoms with E-state index in [4.69, 9.17) is 9.47 Å². The van der Waals surface area contributed by atoms with Crippen LogP contribution in [0, 0.1) is 0 Å². The van der Waals surface area contributed by atoms with Gasteiger partial charge in [0.25, 0.3) is 5.91 Å². The average Bonchev–Trinajstić information content (AvgIpc) is 2.89. The lowest BCUT2D eigenvalue weighted by Gasteiger charge is -2.12. The molecule has 0 spiro atoms. The maximum atomic E-state index is 12.4. The molecule has 0 fully saturated rings. The van der Waals surface area contributed by atoms with Crippen LogP contribution in [0.15, 0.2) is 102 Å². The maximum Gasteiger partial charge on any atom is 0.271 e. The van der Waals surface area contributed by atoms with Crippen LogP contribution < -0.4 is 14.9 Å². The van der Waals surface area contributed by atoms with Crippen molar-refractivity contribution in [2.75, 3.05) is 7.11 Å². The summed E-state index contributed by atoms with van der Waals surface area (Å²) in [5, 5.41) is 13.6. The van der Waals surface area contributed by atoms with Gasteiger partial charge in [-0.05, 0) is 53.1 Å². The van der Waals surface area contributed by atoms with Crippen LogP contribution in [-0.4, -0.2) is 24.3 Å². The van der Waals surface area contributed by atoms with Gasteiger partial charge in [0.15, 0.2) is 11.5 Å². The van der Waals surface area contributed by atoms with Gasteiger partial charge >= 0.3 is 0 Å². The van der Waals surface area contributed by atoms with E-state index in [1.54, 1.807) is 24.3 Å². The quantitative estimate of drug-likeness (QED) is 0.277. The minimum Gasteiger partial charge on any atom is -0.504 e. The highest BCUT2D eigenvalue weighted by atomic mass is 16.5. The van der Waals surface area contributed by atoms with Crippen LogP contribution in [0.2, 0.25) is 0 Å². The molecule has 1 amide bonds. The second-order valence-corrected chi connectivity index (χ2v) is 7.48. The van der Waals surface area contributed by atoms with Gasteiger partial charge in [0.05, 0.1) is 13.3 Å². The number of carbonyl (C=O) groups excluding carboxylic acids is 1. The first-order valence-electron chi connectivity index (χ1n) is 10.7. The topological polar surface area (TPSA) is 80.2 Å². The van der Waals surface area contributed by atoms with E-state index in [1.165, 1.54) is 19.4 Å². The predicted octanol–water partition coefficient (Wildman–Crippen LogP) is 5.41. The molecule has 0 aromatic heterocycles. The zero-order valence-electron chi connectivity index (χ0n) is 18.6. The summed E-state index contributed by atoms with van der Waals surface area (Å²) in [5.41, 5.74) is 6.73. The number of nitrogens with one attached hydrogen (secondary N) is 1. The van der Waals surface area contributed by atoms with E-state index in [2.05, 4.69) is 22.7 Å². The molecule has 34 heavy (non-hydrogen) atoms. The number of para-hydroxylation sites is 1. The molecule has 0 bridgehead atoms. The van der Waals surface area contributed by atoms with Gasteiger partial charge < -0.3 is 14.6 Å². The fourth-order valence-electron chi connectivity index (χ4n) is 3.37. The summed E-state index contributed by atoms with van der Waals surface area (Å²) in [4.78, 5) is 12.4. The molecule has 4 aromatic rings. The summed E-state index contributed by atoms with van der Waals surface area (Å²) >= 11 is 0. The fraction of sp³-hybridized carbons (Fsp3) is 0.0714. The van der Waals surface area contributed by atoms with Crippen LogP contribution in [0.25, 0.3) is 11.1 Å². The lowest BCUT2D eigenvalue weighted by Crippen LogP contribution is -2.17. The number of benzene rings is 4. The van der Waals surface area contributed by atoms with Crippen LogP contribution in [-0.2, 0) is 6.61 Å². The molecular formula is C28H24N2O4. The van der Waals surface area contributed by atoms with Crippen LogP contribution >= 0.6 is 0 Å². The van der Waals surface area contributed by atoms with E-state index in [-0.39, 0.29) is 11.7 Å². The highest BCUT2D eigenvalue weighted by Gasteiger charge is 2.08. The number of carbonyl (C=O) groups is 1. The van der Waals surface area contributed by atoms with E-state index >= 15 is 0 Å². The molecular weight excluding hydrogens is 428 g/mol. The Morgan fingerprint density at radius 3 is 2.41 bits per heavy atom. The number of phenolic OH excluding ortho intramolecular Hbond substituents is 1. The lowest BCUT2D eigenvalue weighted by molar-refractivity contribution is 0.0955. The number of methoxy groups -OCH3 is 1. The van der Waals surface area contributed by atoms with Crippen molar-refractivity contribution in [3.05, 3.63) is 114 Å². The first-order valence-corrected chi connectivity index (χ1v) is 10.7. The summed E-state index contributed by atoms with van der Waals surface area (Å²) in [5.74, 6) is 0.843. The largest absolute Gasteiger partial charge is 0.504 e. The molecule has 0 aliphatic heterocycles. The number of hydrazone groups is 1. The second kappa shape index (κ2) is 10.8. The first-order chi connectivity index (χ1) is 16.6. The minimum absolute atomic E-state index is 0.0382. The molecule has 0 radical (unpaired) electrons. The third-order valence-electron chi connectivity index (χ3n) is 5.17. The molecule has 0 saturated carbocycles. The van der Waals surface area contributed by atoms with Crippen molar-refractivity contribution in [1.82, 2.24) is 5.43 Å². The molecule has 6 heteroatoms. The summed E-state index contributed by atoms with van der Waals surface area (Å²) in [6.07, 6.45) is 1.48. The molecule has 2 N–H and O–H groups in total. The Kier molecular flexibility index (Phi) is 7.20. The van der Waals surface area contributed by atoms with Crippen molar-refractivity contribution in [3.63, 3.8) is 0 Å². The Morgan fingerprint density at radius 1 is 0.912 bits per heavy atom. The molecule has 0 unspecified atom stereocenters. The van der Waals surface area contributed by atoms with Crippen LogP contribution in [0.1, 0.15) is 21.5 Å². The first kappa shape index (κ1) is 22.6. The fourth-order valence-corrected chi connectivity index (χ4v) is 3.37. The van der Waals surface area contributed by atoms with Crippen molar-refractivity contribution in [2.45, 2.75) is 6.61 Å². The van der Waals surface area contributed by atoms with E-state index < -0.39 is 0 Å². The number of rotatable bonds is 8. The van der Waals surface area contributed by atoms with Gasteiger partial charge in [-0.2, -0.15) is 5.10 Å². The number of amides is 1. The zero-order chi connectivity index (χ0) is 23.8. The van der Waals surface area contributed by atoms with Gasteiger partial charge in [-0.15, -0.1) is 0 Å². The average molecular weight is 453 g/mol. The second-order valence-electron chi connectivity index (χ2n) is 7.48. The van der Waals surface area contributed by atoms with E-state index in [0.717, 1.165) is 22.4 Å². The molecule has 0 saturated heterocycles. The SMILES string of the molecule is COc1cc(C=NNC(=O)c2ccc(COc3ccccc3-c3ccccc3)cc2)ccc1O. The van der Waals surface area contributed by atoms with Gasteiger partial charge in [0.2, 0.25) is 0 Å². The Labute approximate surface area is 198 Å². The number of hydrogen-bond acceptors (Lipinski definition) is 5. The normalized spacial score (nSPS) is 10.7. The summed E-state index contributed by atoms with van der Waals surface area (Å²) < 4.78 is 11.1. The van der Waals surface area contributed by atoms with Crippen LogP contribution in [0.4, 0.5) is 0 Å². The Hall–Kier alpha value is -4.58. The zero-order valence-corrected chi connectivity index (χ0v) is 18.6. The van der Waals surface area contributed by atoms with E-state index in [0.29, 0.717) is 23.5 Å². The highest BCUT2D eigenvalue weighted by molar-refractivity contribution is 5.95. The van der Waals surface area contributed by atoms with Gasteiger partial charge in [-0.3, -0.25) is 4.79 Å². The standard InChI is InChI=1S/C28H24N2O4/c1-33-27-17-21(13-16-25(27)31)18-29-30-28(32)23-14-11-20(12-15-23)19-34-26-10-6-5-9-24(26)22-7-3-2-4-8-22/h2-18,31H,19H2,1H3,(H,30,32). The summed E-state index contributed by atoms with van der Waals surface area (Å²) in [6, 6.07) is 30.0. The number of ether oxygens (including phenoxy) is 2. The van der Waals surface area contributed by atoms with Crippen molar-refractivity contribution in [2.24, 2.45) is 5.10 Å². The molecule has 6 nitrogen and oxygen atoms in total. The Balaban J connectivity index is 1.35. The third-order valence-corrected chi connectivity index (χ3v) is 5.17. The van der Waals surface area contributed by atoms with Gasteiger partial charge in [-0.1, -0.05) is 60.7 Å². The van der Waals surface area contributed by atoms with E-state index in [1.807, 2.05) is 54.6 Å². The predicted molar refractivity (Wildman–Crippen MR) is 132 cm³/mol. The van der Waals surface area contributed by atoms with Gasteiger partial charge in [0.1, 0.15) is 12.4 Å². The number of aromatic hydroxyl groups is 1. The van der Waals surface area contributed by atoms with Crippen LogP contribution in [0.5, 0.6) is 17.2 Å². The molecule has 170 valence electrons. The summed E-state index contributed by atoms with van der Waals surface area (Å²) in [6.45, 7) is 0.382. The lowest BCUT2D eigenvalue weighted by atomic mass is 10.0. The van der Waals surface area contributed by atoms with E-state index in [9.17, 15) is 9.90 Å². The molecule has 0 atom stereocenters. The minimum atomic E-state index is -0.330.